The molecule has 1 aromatic carbocycles. The zero-order chi connectivity index (χ0) is 20.8. The number of carboxylic acid groups (broad SMARTS) is 1. The SMILES string of the molecule is COC(CCC(OCc1ccccc1)C(N)(CCCCNC=O)C(=O)O)OC. The molecule has 0 heterocycles. The van der Waals surface area contributed by atoms with Crippen LogP contribution in [0.1, 0.15) is 37.7 Å². The first kappa shape index (κ1) is 24.0. The Morgan fingerprint density at radius 3 is 2.46 bits per heavy atom. The van der Waals surface area contributed by atoms with Gasteiger partial charge in [0.15, 0.2) is 6.29 Å². The number of carbonyl (C=O) groups excluding carboxylic acids is 1. The number of nitrogens with one attached hydrogen (secondary N) is 1. The molecule has 0 bridgehead atoms. The molecule has 0 radical (unpaired) electrons. The maximum Gasteiger partial charge on any atom is 0.326 e. The van der Waals surface area contributed by atoms with Crippen LogP contribution in [0.25, 0.3) is 0 Å². The molecular formula is C20H32N2O6. The normalized spacial score (nSPS) is 14.4. The summed E-state index contributed by atoms with van der Waals surface area (Å²) in [5, 5.41) is 12.4. The van der Waals surface area contributed by atoms with Gasteiger partial charge in [0.1, 0.15) is 5.54 Å². The van der Waals surface area contributed by atoms with Crippen molar-refractivity contribution in [2.45, 2.75) is 56.6 Å². The van der Waals surface area contributed by atoms with Gasteiger partial charge in [0, 0.05) is 27.2 Å². The molecular weight excluding hydrogens is 364 g/mol. The lowest BCUT2D eigenvalue weighted by Crippen LogP contribution is -2.58. The molecule has 158 valence electrons. The highest BCUT2D eigenvalue weighted by Gasteiger charge is 2.42. The van der Waals surface area contributed by atoms with Crippen molar-refractivity contribution >= 4 is 12.4 Å². The number of amides is 1. The predicted molar refractivity (Wildman–Crippen MR) is 105 cm³/mol. The number of carbonyl (C=O) groups is 2. The van der Waals surface area contributed by atoms with Crippen LogP contribution < -0.4 is 11.1 Å². The third kappa shape index (κ3) is 7.93. The molecule has 0 aliphatic heterocycles. The summed E-state index contributed by atoms with van der Waals surface area (Å²) in [5.74, 6) is -1.11. The Bertz CT molecular complexity index is 567. The molecule has 8 nitrogen and oxygen atoms in total. The van der Waals surface area contributed by atoms with Crippen molar-refractivity contribution < 1.29 is 28.9 Å². The summed E-state index contributed by atoms with van der Waals surface area (Å²) in [6.45, 7) is 0.735. The molecule has 4 N–H and O–H groups in total. The fraction of sp³-hybridized carbons (Fsp3) is 0.600. The molecule has 0 fully saturated rings. The lowest BCUT2D eigenvalue weighted by atomic mass is 9.85. The quantitative estimate of drug-likeness (QED) is 0.221. The minimum atomic E-state index is -1.55. The Kier molecular flexibility index (Phi) is 11.4. The summed E-state index contributed by atoms with van der Waals surface area (Å²) in [6.07, 6.45) is 1.66. The van der Waals surface area contributed by atoms with Crippen molar-refractivity contribution in [2.75, 3.05) is 20.8 Å². The van der Waals surface area contributed by atoms with Gasteiger partial charge in [-0.25, -0.2) is 0 Å². The summed E-state index contributed by atoms with van der Waals surface area (Å²) in [4.78, 5) is 22.4. The van der Waals surface area contributed by atoms with Crippen LogP contribution >= 0.6 is 0 Å². The van der Waals surface area contributed by atoms with Crippen molar-refractivity contribution in [3.8, 4) is 0 Å². The molecule has 0 aliphatic rings. The van der Waals surface area contributed by atoms with E-state index in [9.17, 15) is 14.7 Å². The summed E-state index contributed by atoms with van der Waals surface area (Å²) < 4.78 is 16.4. The van der Waals surface area contributed by atoms with E-state index in [0.29, 0.717) is 38.6 Å². The summed E-state index contributed by atoms with van der Waals surface area (Å²) in [7, 11) is 3.06. The average Bonchev–Trinajstić information content (AvgIpc) is 2.71. The van der Waals surface area contributed by atoms with Crippen LogP contribution in [0.15, 0.2) is 30.3 Å². The second kappa shape index (κ2) is 13.2. The molecule has 2 atom stereocenters. The molecule has 28 heavy (non-hydrogen) atoms. The van der Waals surface area contributed by atoms with Gasteiger partial charge in [0.25, 0.3) is 0 Å². The maximum atomic E-state index is 12.0. The van der Waals surface area contributed by atoms with E-state index in [0.717, 1.165) is 5.56 Å². The van der Waals surface area contributed by atoms with E-state index in [1.807, 2.05) is 30.3 Å². The monoisotopic (exact) mass is 396 g/mol. The smallest absolute Gasteiger partial charge is 0.326 e. The second-order valence-corrected chi connectivity index (χ2v) is 6.64. The maximum absolute atomic E-state index is 12.0. The molecule has 1 amide bonds. The van der Waals surface area contributed by atoms with Crippen molar-refractivity contribution in [2.24, 2.45) is 5.73 Å². The van der Waals surface area contributed by atoms with Crippen LogP contribution in [0.4, 0.5) is 0 Å². The fourth-order valence-corrected chi connectivity index (χ4v) is 2.99. The molecule has 0 saturated carbocycles. The van der Waals surface area contributed by atoms with E-state index in [4.69, 9.17) is 19.9 Å². The van der Waals surface area contributed by atoms with E-state index in [1.165, 1.54) is 14.2 Å². The van der Waals surface area contributed by atoms with Gasteiger partial charge in [0.2, 0.25) is 6.41 Å². The van der Waals surface area contributed by atoms with Gasteiger partial charge in [-0.1, -0.05) is 30.3 Å². The van der Waals surface area contributed by atoms with Crippen molar-refractivity contribution in [1.82, 2.24) is 5.32 Å². The van der Waals surface area contributed by atoms with Crippen molar-refractivity contribution in [3.63, 3.8) is 0 Å². The van der Waals surface area contributed by atoms with E-state index >= 15 is 0 Å². The molecule has 1 aromatic rings. The summed E-state index contributed by atoms with van der Waals surface area (Å²) in [6, 6.07) is 9.52. The molecule has 0 saturated heterocycles. The Morgan fingerprint density at radius 1 is 1.21 bits per heavy atom. The minimum absolute atomic E-state index is 0.229. The third-order valence-electron chi connectivity index (χ3n) is 4.70. The minimum Gasteiger partial charge on any atom is -0.480 e. The summed E-state index contributed by atoms with van der Waals surface area (Å²) in [5.41, 5.74) is 5.72. The first-order chi connectivity index (χ1) is 13.5. The van der Waals surface area contributed by atoms with Crippen LogP contribution in [0.5, 0.6) is 0 Å². The van der Waals surface area contributed by atoms with E-state index in [-0.39, 0.29) is 13.0 Å². The third-order valence-corrected chi connectivity index (χ3v) is 4.70. The van der Waals surface area contributed by atoms with Crippen molar-refractivity contribution in [3.05, 3.63) is 35.9 Å². The van der Waals surface area contributed by atoms with Gasteiger partial charge in [-0.2, -0.15) is 0 Å². The topological polar surface area (TPSA) is 120 Å². The molecule has 0 aliphatic carbocycles. The van der Waals surface area contributed by atoms with Gasteiger partial charge in [-0.3, -0.25) is 9.59 Å². The lowest BCUT2D eigenvalue weighted by molar-refractivity contribution is -0.154. The largest absolute Gasteiger partial charge is 0.480 e. The standard InChI is InChI=1S/C20H32N2O6/c1-26-18(27-2)11-10-17(28-14-16-8-4-3-5-9-16)20(21,19(24)25)12-6-7-13-22-15-23/h3-5,8-9,15,17-18H,6-7,10-14,21H2,1-2H3,(H,22,23)(H,24,25). The number of nitrogens with two attached hydrogens (primary N) is 1. The number of benzene rings is 1. The van der Waals surface area contributed by atoms with Crippen molar-refractivity contribution in [1.29, 1.82) is 0 Å². The Morgan fingerprint density at radius 2 is 1.89 bits per heavy atom. The molecule has 1 rings (SSSR count). The number of aliphatic carboxylic acids is 1. The van der Waals surface area contributed by atoms with Crippen LogP contribution in [-0.4, -0.2) is 56.2 Å². The van der Waals surface area contributed by atoms with Crippen LogP contribution in [0, 0.1) is 0 Å². The van der Waals surface area contributed by atoms with E-state index in [1.54, 1.807) is 0 Å². The van der Waals surface area contributed by atoms with E-state index in [2.05, 4.69) is 5.32 Å². The first-order valence-electron chi connectivity index (χ1n) is 9.38. The van der Waals surface area contributed by atoms with Gasteiger partial charge >= 0.3 is 5.97 Å². The Balaban J connectivity index is 2.84. The predicted octanol–water partition coefficient (Wildman–Crippen LogP) is 1.67. The number of unbranched alkanes of at least 4 members (excludes halogenated alkanes) is 1. The van der Waals surface area contributed by atoms with Gasteiger partial charge in [-0.15, -0.1) is 0 Å². The van der Waals surface area contributed by atoms with Crippen LogP contribution in [-0.2, 0) is 30.4 Å². The summed E-state index contributed by atoms with van der Waals surface area (Å²) >= 11 is 0. The number of hydrogen-bond acceptors (Lipinski definition) is 6. The number of rotatable bonds is 16. The molecule has 8 heteroatoms. The lowest BCUT2D eigenvalue weighted by Gasteiger charge is -2.34. The van der Waals surface area contributed by atoms with Crippen LogP contribution in [0.2, 0.25) is 0 Å². The molecule has 0 aromatic heterocycles. The highest BCUT2D eigenvalue weighted by molar-refractivity contribution is 5.79. The first-order valence-corrected chi connectivity index (χ1v) is 9.38. The highest BCUT2D eigenvalue weighted by atomic mass is 16.7. The zero-order valence-corrected chi connectivity index (χ0v) is 16.6. The molecule has 2 unspecified atom stereocenters. The van der Waals surface area contributed by atoms with Gasteiger partial charge in [-0.05, 0) is 31.2 Å². The average molecular weight is 396 g/mol. The number of hydrogen-bond donors (Lipinski definition) is 3. The Labute approximate surface area is 166 Å². The van der Waals surface area contributed by atoms with E-state index < -0.39 is 23.9 Å². The molecule has 0 spiro atoms. The number of ether oxygens (including phenoxy) is 3. The second-order valence-electron chi connectivity index (χ2n) is 6.64. The van der Waals surface area contributed by atoms with Gasteiger partial charge in [0.05, 0.1) is 12.7 Å². The van der Waals surface area contributed by atoms with Crippen LogP contribution in [0.3, 0.4) is 0 Å². The zero-order valence-electron chi connectivity index (χ0n) is 16.6. The Hall–Kier alpha value is -2.00. The van der Waals surface area contributed by atoms with Gasteiger partial charge < -0.3 is 30.4 Å². The number of carboxylic acids is 1. The fourth-order valence-electron chi connectivity index (χ4n) is 2.99. The number of methoxy groups -OCH3 is 2. The highest BCUT2D eigenvalue weighted by Crippen LogP contribution is 2.25.